The molecule has 0 radical (unpaired) electrons. The van der Waals surface area contributed by atoms with E-state index in [1.807, 2.05) is 18.9 Å². The van der Waals surface area contributed by atoms with E-state index in [2.05, 4.69) is 4.89 Å². The number of carbonyl (C=O) groups is 3. The Hall–Kier alpha value is -5.19. The molecule has 0 saturated carbocycles. The molecule has 4 aromatic carbocycles. The molecular formula is C28H22O10. The third-order valence-corrected chi connectivity index (χ3v) is 5.20. The maximum absolute atomic E-state index is 12.5. The Kier molecular flexibility index (Phi) is 9.14. The van der Waals surface area contributed by atoms with Crippen LogP contribution in [0.1, 0.15) is 26.3 Å². The lowest BCUT2D eigenvalue weighted by Gasteiger charge is -2.11. The first kappa shape index (κ1) is 27.4. The van der Waals surface area contributed by atoms with Gasteiger partial charge >= 0.3 is 11.9 Å². The monoisotopic (exact) mass is 518 g/mol. The lowest BCUT2D eigenvalue weighted by molar-refractivity contribution is -0.253. The molecule has 0 unspecified atom stereocenters. The fourth-order valence-electron chi connectivity index (χ4n) is 3.45. The van der Waals surface area contributed by atoms with Gasteiger partial charge in [-0.2, -0.15) is 0 Å². The maximum atomic E-state index is 12.5. The number of benzene rings is 4. The van der Waals surface area contributed by atoms with Crippen LogP contribution < -0.4 is 9.47 Å². The summed E-state index contributed by atoms with van der Waals surface area (Å²) in [6.07, 6.45) is 0. The molecular weight excluding hydrogens is 496 g/mol. The number of phenolic OH excluding ortho intramolecular Hbond substituents is 2. The molecule has 0 spiro atoms. The molecule has 10 nitrogen and oxygen atoms in total. The lowest BCUT2D eigenvalue weighted by Crippen LogP contribution is -2.14. The maximum Gasteiger partial charge on any atom is 0.344 e. The van der Waals surface area contributed by atoms with Crippen LogP contribution in [0, 0.1) is 0 Å². The first-order valence-electron chi connectivity index (χ1n) is 10.9. The zero-order chi connectivity index (χ0) is 27.7. The number of ether oxygens (including phenoxy) is 2. The SMILES string of the molecule is C=O.O=C(O)c1cc(O)ccc1C(=O)Oc1ccc(-c2ccc(Oc3ccc(O)cc3COO)cc2)cc1. The zero-order valence-corrected chi connectivity index (χ0v) is 19.7. The van der Waals surface area contributed by atoms with E-state index in [4.69, 9.17) is 19.5 Å². The second kappa shape index (κ2) is 12.7. The average molecular weight is 518 g/mol. The molecule has 0 aliphatic heterocycles. The molecule has 0 aromatic heterocycles. The van der Waals surface area contributed by atoms with Gasteiger partial charge in [-0.1, -0.05) is 24.3 Å². The summed E-state index contributed by atoms with van der Waals surface area (Å²) in [6, 6.07) is 21.6. The molecule has 0 bridgehead atoms. The Labute approximate surface area is 216 Å². The van der Waals surface area contributed by atoms with Crippen LogP contribution >= 0.6 is 0 Å². The predicted molar refractivity (Wildman–Crippen MR) is 135 cm³/mol. The van der Waals surface area contributed by atoms with E-state index in [9.17, 15) is 24.9 Å². The molecule has 0 atom stereocenters. The van der Waals surface area contributed by atoms with Crippen LogP contribution in [-0.2, 0) is 16.3 Å². The molecule has 0 fully saturated rings. The Morgan fingerprint density at radius 2 is 1.26 bits per heavy atom. The van der Waals surface area contributed by atoms with Crippen molar-refractivity contribution in [3.63, 3.8) is 0 Å². The lowest BCUT2D eigenvalue weighted by atomic mass is 10.1. The molecule has 38 heavy (non-hydrogen) atoms. The molecule has 0 aliphatic rings. The second-order valence-electron chi connectivity index (χ2n) is 7.64. The van der Waals surface area contributed by atoms with Crippen molar-refractivity contribution in [2.45, 2.75) is 6.61 Å². The topological polar surface area (TPSA) is 160 Å². The van der Waals surface area contributed by atoms with Crippen molar-refractivity contribution in [3.8, 4) is 39.9 Å². The number of carboxylic acids is 1. The number of carboxylic acid groups (broad SMARTS) is 1. The number of carbonyl (C=O) groups excluding carboxylic acids is 2. The minimum Gasteiger partial charge on any atom is -0.508 e. The van der Waals surface area contributed by atoms with Crippen molar-refractivity contribution < 1.29 is 49.3 Å². The highest BCUT2D eigenvalue weighted by Crippen LogP contribution is 2.31. The predicted octanol–water partition coefficient (Wildman–Crippen LogP) is 5.28. The standard InChI is InChI=1S/C27H20O9.CH2O/c28-19-6-12-25(18(13-19)15-34-33)35-21-7-1-16(2-8-21)17-3-9-22(10-4-17)36-27(32)23-11-5-20(29)14-24(23)26(30)31;1-2/h1-14,28-29,33H,15H2,(H,30,31);1H2. The van der Waals surface area contributed by atoms with Gasteiger partial charge in [0.05, 0.1) is 11.1 Å². The Morgan fingerprint density at radius 3 is 1.84 bits per heavy atom. The number of aromatic carboxylic acids is 1. The fraction of sp³-hybridized carbons (Fsp3) is 0.0357. The van der Waals surface area contributed by atoms with E-state index in [-0.39, 0.29) is 35.0 Å². The largest absolute Gasteiger partial charge is 0.508 e. The van der Waals surface area contributed by atoms with E-state index in [0.717, 1.165) is 17.2 Å². The summed E-state index contributed by atoms with van der Waals surface area (Å²) < 4.78 is 11.1. The van der Waals surface area contributed by atoms with Gasteiger partial charge in [0.15, 0.2) is 0 Å². The number of hydrogen-bond donors (Lipinski definition) is 4. The summed E-state index contributed by atoms with van der Waals surface area (Å²) in [5.74, 6) is -1.31. The van der Waals surface area contributed by atoms with Gasteiger partial charge in [-0.15, -0.1) is 0 Å². The van der Waals surface area contributed by atoms with Gasteiger partial charge < -0.3 is 29.6 Å². The highest BCUT2D eigenvalue weighted by atomic mass is 17.1. The van der Waals surface area contributed by atoms with Crippen molar-refractivity contribution in [1.82, 2.24) is 0 Å². The van der Waals surface area contributed by atoms with Crippen LogP contribution in [0.2, 0.25) is 0 Å². The number of hydrogen-bond acceptors (Lipinski definition) is 9. The highest BCUT2D eigenvalue weighted by molar-refractivity contribution is 6.03. The molecule has 10 heteroatoms. The Morgan fingerprint density at radius 1 is 0.711 bits per heavy atom. The van der Waals surface area contributed by atoms with Crippen LogP contribution in [0.3, 0.4) is 0 Å². The normalized spacial score (nSPS) is 10.1. The van der Waals surface area contributed by atoms with Crippen LogP contribution in [0.5, 0.6) is 28.7 Å². The van der Waals surface area contributed by atoms with Gasteiger partial charge in [0.1, 0.15) is 42.1 Å². The second-order valence-corrected chi connectivity index (χ2v) is 7.64. The number of phenols is 2. The molecule has 4 N–H and O–H groups in total. The highest BCUT2D eigenvalue weighted by Gasteiger charge is 2.19. The third-order valence-electron chi connectivity index (χ3n) is 5.20. The van der Waals surface area contributed by atoms with Gasteiger partial charge in [-0.3, -0.25) is 5.26 Å². The van der Waals surface area contributed by atoms with Gasteiger partial charge in [0.2, 0.25) is 0 Å². The van der Waals surface area contributed by atoms with Crippen molar-refractivity contribution in [3.05, 3.63) is 102 Å². The van der Waals surface area contributed by atoms with E-state index in [1.165, 1.54) is 24.3 Å². The van der Waals surface area contributed by atoms with E-state index < -0.39 is 11.9 Å². The van der Waals surface area contributed by atoms with Gasteiger partial charge in [0.25, 0.3) is 0 Å². The van der Waals surface area contributed by atoms with Crippen LogP contribution in [0.4, 0.5) is 0 Å². The van der Waals surface area contributed by atoms with Crippen molar-refractivity contribution in [1.29, 1.82) is 0 Å². The van der Waals surface area contributed by atoms with Gasteiger partial charge in [-0.25, -0.2) is 14.5 Å². The van der Waals surface area contributed by atoms with Crippen LogP contribution in [-0.4, -0.2) is 39.3 Å². The van der Waals surface area contributed by atoms with Crippen molar-refractivity contribution in [2.24, 2.45) is 0 Å². The van der Waals surface area contributed by atoms with Crippen molar-refractivity contribution in [2.75, 3.05) is 0 Å². The Bertz CT molecular complexity index is 1410. The minimum absolute atomic E-state index is 0.0178. The molecule has 0 heterocycles. The molecule has 4 rings (SSSR count). The first-order chi connectivity index (χ1) is 18.3. The number of esters is 1. The van der Waals surface area contributed by atoms with E-state index in [0.29, 0.717) is 17.1 Å². The van der Waals surface area contributed by atoms with Crippen LogP contribution in [0.25, 0.3) is 11.1 Å². The Balaban J connectivity index is 0.00000195. The zero-order valence-electron chi connectivity index (χ0n) is 19.7. The quantitative estimate of drug-likeness (QED) is 0.105. The van der Waals surface area contributed by atoms with E-state index >= 15 is 0 Å². The van der Waals surface area contributed by atoms with Gasteiger partial charge in [-0.05, 0) is 71.8 Å². The van der Waals surface area contributed by atoms with Crippen LogP contribution in [0.15, 0.2) is 84.9 Å². The average Bonchev–Trinajstić information content (AvgIpc) is 2.92. The smallest absolute Gasteiger partial charge is 0.344 e. The van der Waals surface area contributed by atoms with Crippen molar-refractivity contribution >= 4 is 18.7 Å². The minimum atomic E-state index is -1.36. The summed E-state index contributed by atoms with van der Waals surface area (Å²) in [5.41, 5.74) is 1.62. The summed E-state index contributed by atoms with van der Waals surface area (Å²) in [5, 5.41) is 37.1. The third kappa shape index (κ3) is 6.72. The summed E-state index contributed by atoms with van der Waals surface area (Å²) in [7, 11) is 0. The molecule has 4 aromatic rings. The fourth-order valence-corrected chi connectivity index (χ4v) is 3.45. The van der Waals surface area contributed by atoms with Gasteiger partial charge in [0, 0.05) is 5.56 Å². The van der Waals surface area contributed by atoms with E-state index in [1.54, 1.807) is 42.5 Å². The molecule has 0 saturated heterocycles. The molecule has 0 amide bonds. The summed E-state index contributed by atoms with van der Waals surface area (Å²) in [4.78, 5) is 36.0. The molecule has 194 valence electrons. The molecule has 0 aliphatic carbocycles. The first-order valence-corrected chi connectivity index (χ1v) is 10.9. The number of aromatic hydroxyl groups is 2. The number of rotatable bonds is 8. The summed E-state index contributed by atoms with van der Waals surface area (Å²) >= 11 is 0. The summed E-state index contributed by atoms with van der Waals surface area (Å²) in [6.45, 7) is 1.85.